The molecule has 1 N–H and O–H groups in total. The highest BCUT2D eigenvalue weighted by molar-refractivity contribution is 6.36. The quantitative estimate of drug-likeness (QED) is 0.651. The van der Waals surface area contributed by atoms with Gasteiger partial charge in [0.05, 0.1) is 15.0 Å². The van der Waals surface area contributed by atoms with Gasteiger partial charge in [-0.2, -0.15) is 0 Å². The topological polar surface area (TPSA) is 94.4 Å². The summed E-state index contributed by atoms with van der Waals surface area (Å²) in [5.41, 5.74) is -0.227. The van der Waals surface area contributed by atoms with Crippen LogP contribution in [0.4, 0.5) is 11.5 Å². The first-order valence-electron chi connectivity index (χ1n) is 6.40. The van der Waals surface area contributed by atoms with Gasteiger partial charge in [-0.05, 0) is 19.1 Å². The van der Waals surface area contributed by atoms with Crippen LogP contribution in [-0.2, 0) is 4.79 Å². The second-order valence-electron chi connectivity index (χ2n) is 4.46. The SMILES string of the molecule is C[C@H](Oc1ccccc1[N+](=O)[O-])C(=O)Nc1ncc(Cl)cc1Cl. The van der Waals surface area contributed by atoms with E-state index in [1.54, 1.807) is 6.07 Å². The summed E-state index contributed by atoms with van der Waals surface area (Å²) in [5, 5.41) is 13.9. The van der Waals surface area contributed by atoms with E-state index >= 15 is 0 Å². The fraction of sp³-hybridized carbons (Fsp3) is 0.143. The van der Waals surface area contributed by atoms with Crippen molar-refractivity contribution in [3.05, 3.63) is 56.7 Å². The molecule has 0 aliphatic carbocycles. The lowest BCUT2D eigenvalue weighted by atomic mass is 10.3. The van der Waals surface area contributed by atoms with Crippen LogP contribution in [0.2, 0.25) is 10.0 Å². The lowest BCUT2D eigenvalue weighted by Crippen LogP contribution is -2.30. The number of ether oxygens (including phenoxy) is 1. The van der Waals surface area contributed by atoms with Crippen molar-refractivity contribution in [1.82, 2.24) is 4.98 Å². The number of amides is 1. The Balaban J connectivity index is 2.10. The summed E-state index contributed by atoms with van der Waals surface area (Å²) in [5.74, 6) is -0.436. The van der Waals surface area contributed by atoms with E-state index in [1.165, 1.54) is 37.4 Å². The van der Waals surface area contributed by atoms with Crippen LogP contribution in [0.15, 0.2) is 36.5 Å². The zero-order valence-corrected chi connectivity index (χ0v) is 13.3. The minimum absolute atomic E-state index is 0.00434. The molecule has 0 aliphatic rings. The average Bonchev–Trinajstić information content (AvgIpc) is 2.50. The molecular weight excluding hydrogens is 345 g/mol. The Morgan fingerprint density at radius 1 is 1.39 bits per heavy atom. The number of hydrogen-bond donors (Lipinski definition) is 1. The van der Waals surface area contributed by atoms with Gasteiger partial charge < -0.3 is 10.1 Å². The van der Waals surface area contributed by atoms with Crippen LogP contribution in [0.5, 0.6) is 5.75 Å². The fourth-order valence-electron chi connectivity index (χ4n) is 1.68. The zero-order valence-electron chi connectivity index (χ0n) is 11.8. The first kappa shape index (κ1) is 17.0. The summed E-state index contributed by atoms with van der Waals surface area (Å²) in [6.07, 6.45) is 0.334. The fourth-order valence-corrected chi connectivity index (χ4v) is 2.10. The molecule has 9 heteroatoms. The Labute approximate surface area is 141 Å². The van der Waals surface area contributed by atoms with Crippen molar-refractivity contribution in [2.24, 2.45) is 0 Å². The third-order valence-corrected chi connectivity index (χ3v) is 3.28. The van der Waals surface area contributed by atoms with E-state index in [-0.39, 0.29) is 22.3 Å². The first-order chi connectivity index (χ1) is 10.9. The molecule has 7 nitrogen and oxygen atoms in total. The van der Waals surface area contributed by atoms with Gasteiger partial charge in [0.25, 0.3) is 5.91 Å². The van der Waals surface area contributed by atoms with Crippen molar-refractivity contribution in [3.63, 3.8) is 0 Å². The number of rotatable bonds is 5. The van der Waals surface area contributed by atoms with E-state index in [2.05, 4.69) is 10.3 Å². The highest BCUT2D eigenvalue weighted by atomic mass is 35.5. The number of nitrogens with zero attached hydrogens (tertiary/aromatic N) is 2. The maximum absolute atomic E-state index is 12.1. The minimum atomic E-state index is -0.996. The van der Waals surface area contributed by atoms with Crippen molar-refractivity contribution in [3.8, 4) is 5.75 Å². The average molecular weight is 356 g/mol. The van der Waals surface area contributed by atoms with Crippen LogP contribution in [0, 0.1) is 10.1 Å². The number of halogens is 2. The highest BCUT2D eigenvalue weighted by Crippen LogP contribution is 2.27. The summed E-state index contributed by atoms with van der Waals surface area (Å²) in [7, 11) is 0. The Hall–Kier alpha value is -2.38. The van der Waals surface area contributed by atoms with Crippen LogP contribution in [0.25, 0.3) is 0 Å². The van der Waals surface area contributed by atoms with Gasteiger partial charge >= 0.3 is 5.69 Å². The molecule has 120 valence electrons. The number of benzene rings is 1. The molecule has 0 fully saturated rings. The van der Waals surface area contributed by atoms with E-state index in [4.69, 9.17) is 27.9 Å². The molecule has 2 rings (SSSR count). The van der Waals surface area contributed by atoms with Crippen molar-refractivity contribution in [1.29, 1.82) is 0 Å². The zero-order chi connectivity index (χ0) is 17.0. The van der Waals surface area contributed by atoms with E-state index in [0.717, 1.165) is 0 Å². The predicted molar refractivity (Wildman–Crippen MR) is 86.1 cm³/mol. The van der Waals surface area contributed by atoms with E-state index in [9.17, 15) is 14.9 Å². The Bertz CT molecular complexity index is 755. The summed E-state index contributed by atoms with van der Waals surface area (Å²) < 4.78 is 5.35. The van der Waals surface area contributed by atoms with Gasteiger partial charge in [-0.25, -0.2) is 4.98 Å². The third-order valence-electron chi connectivity index (χ3n) is 2.78. The van der Waals surface area contributed by atoms with Crippen molar-refractivity contribution in [2.45, 2.75) is 13.0 Å². The van der Waals surface area contributed by atoms with Crippen molar-refractivity contribution >= 4 is 40.6 Å². The standard InChI is InChI=1S/C14H11Cl2N3O4/c1-8(23-12-5-3-2-4-11(12)19(21)22)14(20)18-13-10(16)6-9(15)7-17-13/h2-8H,1H3,(H,17,18,20)/t8-/m0/s1. The number of carbonyl (C=O) groups is 1. The molecule has 1 aromatic carbocycles. The van der Waals surface area contributed by atoms with Crippen molar-refractivity contribution in [2.75, 3.05) is 5.32 Å². The summed E-state index contributed by atoms with van der Waals surface area (Å²) in [6.45, 7) is 1.45. The van der Waals surface area contributed by atoms with Crippen LogP contribution < -0.4 is 10.1 Å². The van der Waals surface area contributed by atoms with Gasteiger partial charge in [-0.15, -0.1) is 0 Å². The lowest BCUT2D eigenvalue weighted by molar-refractivity contribution is -0.386. The van der Waals surface area contributed by atoms with Gasteiger partial charge in [0.2, 0.25) is 0 Å². The Kier molecular flexibility index (Phi) is 5.36. The van der Waals surface area contributed by atoms with Gasteiger partial charge in [0, 0.05) is 12.3 Å². The maximum Gasteiger partial charge on any atom is 0.310 e. The van der Waals surface area contributed by atoms with Crippen LogP contribution in [0.1, 0.15) is 6.92 Å². The monoisotopic (exact) mass is 355 g/mol. The number of nitro benzene ring substituents is 1. The van der Waals surface area contributed by atoms with Crippen molar-refractivity contribution < 1.29 is 14.5 Å². The second-order valence-corrected chi connectivity index (χ2v) is 5.30. The molecule has 0 unspecified atom stereocenters. The number of carbonyl (C=O) groups excluding carboxylic acids is 1. The minimum Gasteiger partial charge on any atom is -0.474 e. The number of hydrogen-bond acceptors (Lipinski definition) is 5. The molecule has 2 aromatic rings. The number of nitro groups is 1. The van der Waals surface area contributed by atoms with Crippen LogP contribution >= 0.6 is 23.2 Å². The van der Waals surface area contributed by atoms with E-state index < -0.39 is 16.9 Å². The molecule has 0 saturated carbocycles. The van der Waals surface area contributed by atoms with Gasteiger partial charge in [-0.1, -0.05) is 35.3 Å². The van der Waals surface area contributed by atoms with Gasteiger partial charge in [-0.3, -0.25) is 14.9 Å². The van der Waals surface area contributed by atoms with E-state index in [1.807, 2.05) is 0 Å². The molecule has 23 heavy (non-hydrogen) atoms. The summed E-state index contributed by atoms with van der Waals surface area (Å²) >= 11 is 11.6. The number of pyridine rings is 1. The summed E-state index contributed by atoms with van der Waals surface area (Å²) in [6, 6.07) is 7.21. The molecule has 1 atom stereocenters. The largest absolute Gasteiger partial charge is 0.474 e. The number of anilines is 1. The predicted octanol–water partition coefficient (Wildman–Crippen LogP) is 3.70. The molecule has 0 spiro atoms. The molecule has 0 bridgehead atoms. The van der Waals surface area contributed by atoms with Crippen LogP contribution in [-0.4, -0.2) is 21.9 Å². The molecule has 0 aliphatic heterocycles. The molecule has 1 amide bonds. The van der Waals surface area contributed by atoms with Gasteiger partial charge in [0.15, 0.2) is 17.7 Å². The smallest absolute Gasteiger partial charge is 0.310 e. The molecular formula is C14H11Cl2N3O4. The maximum atomic E-state index is 12.1. The molecule has 0 saturated heterocycles. The second kappa shape index (κ2) is 7.26. The van der Waals surface area contributed by atoms with E-state index in [0.29, 0.717) is 5.02 Å². The number of para-hydroxylation sites is 2. The lowest BCUT2D eigenvalue weighted by Gasteiger charge is -2.14. The Morgan fingerprint density at radius 2 is 2.09 bits per heavy atom. The molecule has 1 aromatic heterocycles. The number of nitrogens with one attached hydrogen (secondary N) is 1. The summed E-state index contributed by atoms with van der Waals surface area (Å²) in [4.78, 5) is 26.3. The van der Waals surface area contributed by atoms with Crippen LogP contribution in [0.3, 0.4) is 0 Å². The third kappa shape index (κ3) is 4.30. The molecule has 1 heterocycles. The normalized spacial score (nSPS) is 11.6. The Morgan fingerprint density at radius 3 is 2.74 bits per heavy atom. The molecule has 0 radical (unpaired) electrons. The van der Waals surface area contributed by atoms with Gasteiger partial charge in [0.1, 0.15) is 0 Å². The highest BCUT2D eigenvalue weighted by Gasteiger charge is 2.21. The number of aromatic nitrogens is 1. The first-order valence-corrected chi connectivity index (χ1v) is 7.16.